The molecule has 9 rings (SSSR count). The minimum absolute atomic E-state index is 0.0247. The van der Waals surface area contributed by atoms with Crippen molar-refractivity contribution in [3.8, 4) is 0 Å². The predicted octanol–water partition coefficient (Wildman–Crippen LogP) is 9.90. The number of nitro groups is 1. The number of nitrogens with two attached hydrogens (primary N) is 1. The lowest BCUT2D eigenvalue weighted by atomic mass is 9.97. The van der Waals surface area contributed by atoms with Gasteiger partial charge in [-0.2, -0.15) is 11.8 Å². The van der Waals surface area contributed by atoms with E-state index in [1.54, 1.807) is 123 Å². The second kappa shape index (κ2) is 57.9. The summed E-state index contributed by atoms with van der Waals surface area (Å²) in [6.07, 6.45) is 4.07. The molecule has 0 saturated carbocycles. The Labute approximate surface area is 804 Å². The van der Waals surface area contributed by atoms with E-state index in [0.29, 0.717) is 83.2 Å². The molecule has 32 heteroatoms. The molecule has 726 valence electrons. The third-order valence-corrected chi connectivity index (χ3v) is 23.7. The maximum absolute atomic E-state index is 15.9. The van der Waals surface area contributed by atoms with Crippen LogP contribution in [-0.4, -0.2) is 195 Å². The summed E-state index contributed by atoms with van der Waals surface area (Å²) in [6, 6.07) is 60.6. The van der Waals surface area contributed by atoms with Gasteiger partial charge in [-0.25, -0.2) is 9.59 Å². The Morgan fingerprint density at radius 1 is 0.438 bits per heavy atom. The Morgan fingerprint density at radius 2 is 0.869 bits per heavy atom. The average molecular weight is 1890 g/mol. The molecule has 12 N–H and O–H groups in total. The number of aryl methyl sites for hydroxylation is 5. The van der Waals surface area contributed by atoms with Crippen molar-refractivity contribution in [1.82, 2.24) is 53.2 Å². The molecular weight excluding hydrogens is 1760 g/mol. The largest absolute Gasteiger partial charge is 0.377 e. The number of hydrogen-bond donors (Lipinski definition) is 11. The lowest BCUT2D eigenvalue weighted by molar-refractivity contribution is -0.384. The topological polar surface area (TPSA) is 436 Å². The van der Waals surface area contributed by atoms with E-state index in [1.807, 2.05) is 142 Å². The van der Waals surface area contributed by atoms with Gasteiger partial charge < -0.3 is 82.7 Å². The van der Waals surface area contributed by atoms with Crippen LogP contribution in [0.3, 0.4) is 0 Å². The molecule has 2 unspecified atom stereocenters. The SMILES string of the molecule is CCC(C)[C@H](NC(=O)[C@H](Cc1ccccc1)NC(=O)[C@H](Cc1ccc(CCc2ccccc2)cc1)NC(=O)[C@H](CNC(=O)NCC(=O)[C@H](N)CCSC)NC(=O)[C@@H](NC(=O)[C@H](COCc1ccccc1)NC(=O)[C@H](Cc1ccc(CCc2ccccc2)cc1)NC(=O)COCCOCCNC(=O)[C@@H](C)CC)C(C)OCc1ccccc1)C(=O)O/N=C(\c1ccc(C)cc1)c1ccc([N+](=O)[O-])cc1. The van der Waals surface area contributed by atoms with Crippen LogP contribution in [0.25, 0.3) is 0 Å². The van der Waals surface area contributed by atoms with E-state index in [9.17, 15) is 34.1 Å². The van der Waals surface area contributed by atoms with E-state index in [1.165, 1.54) is 43.0 Å². The molecule has 9 aromatic carbocycles. The van der Waals surface area contributed by atoms with Crippen molar-refractivity contribution in [3.05, 3.63) is 326 Å². The van der Waals surface area contributed by atoms with Crippen LogP contribution in [0.1, 0.15) is 121 Å². The van der Waals surface area contributed by atoms with E-state index in [4.69, 9.17) is 29.5 Å². The molecule has 0 spiro atoms. The van der Waals surface area contributed by atoms with E-state index >= 15 is 28.8 Å². The molecule has 11 atom stereocenters. The van der Waals surface area contributed by atoms with E-state index < -0.39 is 151 Å². The molecule has 9 aromatic rings. The Hall–Kier alpha value is -13.6. The van der Waals surface area contributed by atoms with Gasteiger partial charge in [-0.3, -0.25) is 53.3 Å². The quantitative estimate of drug-likeness (QED) is 0.00555. The van der Waals surface area contributed by atoms with Crippen LogP contribution in [0.2, 0.25) is 0 Å². The summed E-state index contributed by atoms with van der Waals surface area (Å²) in [5.41, 5.74) is 15.2. The molecule has 0 aromatic heterocycles. The van der Waals surface area contributed by atoms with Crippen LogP contribution >= 0.6 is 11.8 Å². The van der Waals surface area contributed by atoms with Crippen LogP contribution in [-0.2, 0) is 130 Å². The molecule has 137 heavy (non-hydrogen) atoms. The summed E-state index contributed by atoms with van der Waals surface area (Å²) < 4.78 is 24.0. The lowest BCUT2D eigenvalue weighted by Crippen LogP contribution is -2.64. The maximum atomic E-state index is 15.9. The number of benzene rings is 9. The molecule has 0 heterocycles. The number of nitro benzene ring substituents is 1. The first-order chi connectivity index (χ1) is 66.2. The zero-order valence-corrected chi connectivity index (χ0v) is 79.4. The van der Waals surface area contributed by atoms with Gasteiger partial charge in [0, 0.05) is 61.5 Å². The first-order valence-corrected chi connectivity index (χ1v) is 47.6. The molecule has 0 saturated heterocycles. The molecule has 31 nitrogen and oxygen atoms in total. The van der Waals surface area contributed by atoms with Crippen LogP contribution in [0, 0.1) is 28.9 Å². The van der Waals surface area contributed by atoms with Crippen LogP contribution < -0.4 is 58.9 Å². The van der Waals surface area contributed by atoms with Crippen LogP contribution in [0.5, 0.6) is 0 Å². The van der Waals surface area contributed by atoms with E-state index in [0.717, 1.165) is 34.2 Å². The van der Waals surface area contributed by atoms with Crippen molar-refractivity contribution in [2.45, 2.75) is 173 Å². The summed E-state index contributed by atoms with van der Waals surface area (Å²) >= 11 is 1.47. The highest BCUT2D eigenvalue weighted by Gasteiger charge is 2.39. The zero-order valence-electron chi connectivity index (χ0n) is 78.6. The van der Waals surface area contributed by atoms with Crippen molar-refractivity contribution in [3.63, 3.8) is 0 Å². The molecular formula is C105H127N13O18S. The number of nitrogens with zero attached hydrogens (tertiary/aromatic N) is 2. The van der Waals surface area contributed by atoms with E-state index in [2.05, 4.69) is 58.3 Å². The normalized spacial score (nSPS) is 13.7. The first kappa shape index (κ1) is 107. The lowest BCUT2D eigenvalue weighted by Gasteiger charge is -2.30. The molecule has 0 radical (unpaired) electrons. The van der Waals surface area contributed by atoms with Gasteiger partial charge >= 0.3 is 12.0 Å². The number of non-ortho nitro benzene ring substituents is 1. The number of carbonyl (C=O) groups is 11. The Balaban J connectivity index is 1.05. The fourth-order valence-corrected chi connectivity index (χ4v) is 14.9. The molecule has 0 bridgehead atoms. The van der Waals surface area contributed by atoms with Gasteiger partial charge in [0.05, 0.1) is 63.3 Å². The predicted molar refractivity (Wildman–Crippen MR) is 525 cm³/mol. The number of oxime groups is 1. The smallest absolute Gasteiger partial charge is 0.357 e. The summed E-state index contributed by atoms with van der Waals surface area (Å²) in [5.74, 6) is -8.42. The number of nitrogens with one attached hydrogen (secondary N) is 10. The highest BCUT2D eigenvalue weighted by Crippen LogP contribution is 2.22. The molecule has 10 amide bonds. The van der Waals surface area contributed by atoms with E-state index in [-0.39, 0.29) is 82.1 Å². The highest BCUT2D eigenvalue weighted by atomic mass is 32.2. The first-order valence-electron chi connectivity index (χ1n) is 46.2. The number of Topliss-reactive ketones (excluding diaryl/α,β-unsaturated/α-hetero) is 1. The minimum atomic E-state index is -1.90. The van der Waals surface area contributed by atoms with Crippen molar-refractivity contribution >= 4 is 88.2 Å². The monoisotopic (exact) mass is 1890 g/mol. The Bertz CT molecular complexity index is 5350. The molecule has 0 aliphatic carbocycles. The van der Waals surface area contributed by atoms with Gasteiger partial charge in [-0.15, -0.1) is 0 Å². The number of carbonyl (C=O) groups excluding carboxylic acids is 11. The van der Waals surface area contributed by atoms with Gasteiger partial charge in [0.2, 0.25) is 47.3 Å². The van der Waals surface area contributed by atoms with Crippen molar-refractivity contribution in [2.24, 2.45) is 22.7 Å². The number of thioether (sulfide) groups is 1. The van der Waals surface area contributed by atoms with Crippen LogP contribution in [0.15, 0.2) is 254 Å². The second-order valence-corrected chi connectivity index (χ2v) is 34.6. The second-order valence-electron chi connectivity index (χ2n) is 33.6. The third-order valence-electron chi connectivity index (χ3n) is 23.1. The third kappa shape index (κ3) is 37.5. The standard InChI is InChI=1S/C105H127N13O18S/c1-8-71(4)94(104(128)136-117-96(83-49-35-70(3)36-50-83)84-51-53-85(54-52-84)118(130)131)115-100(124)89(61-78-29-19-12-20-30-78)111-99(123)88(63-80-47-43-77(44-48-80)40-38-75-27-17-11-18-28-75)112-101(125)90(64-108-105(129)109-65-92(119)86(106)55-60-137-7)113-103(127)95(73(6)135-67-82-33-23-14-24-34-82)116-102(126)91(68-134-66-81-31-21-13-22-32-81)114-98(122)87(62-79-45-41-76(42-46-79)39-37-74-25-15-10-16-26-74)110-93(120)69-133-59-58-132-57-56-107-97(121)72(5)9-2/h10-36,41-54,71-73,86-91,94-95H,8-9,37-40,55-69,106H2,1-7H3,(H,107,121)(H,110,120)(H,111,123)(H,112,125)(H,113,127)(H,114,122)(H,115,124)(H,116,126)(H2,108,109,129)/b117-96+/t71?,72-,73?,86+,87-,88-,89-,90-,91-,94-,95-/m0/s1. The van der Waals surface area contributed by atoms with Gasteiger partial charge in [0.1, 0.15) is 54.6 Å². The highest BCUT2D eigenvalue weighted by molar-refractivity contribution is 7.98. The molecule has 0 fully saturated rings. The number of hydrogen-bond acceptors (Lipinski definition) is 21. The molecule has 0 aliphatic rings. The summed E-state index contributed by atoms with van der Waals surface area (Å²) in [4.78, 5) is 179. The number of ketones is 1. The van der Waals surface area contributed by atoms with Gasteiger partial charge in [-0.05, 0) is 133 Å². The van der Waals surface area contributed by atoms with Crippen molar-refractivity contribution < 1.29 is 81.4 Å². The maximum Gasteiger partial charge on any atom is 0.357 e. The summed E-state index contributed by atoms with van der Waals surface area (Å²) in [7, 11) is 0. The molecule has 0 aliphatic heterocycles. The van der Waals surface area contributed by atoms with Gasteiger partial charge in [-0.1, -0.05) is 269 Å². The fourth-order valence-electron chi connectivity index (χ4n) is 14.4. The van der Waals surface area contributed by atoms with Crippen molar-refractivity contribution in [2.75, 3.05) is 64.7 Å². The minimum Gasteiger partial charge on any atom is -0.377 e. The van der Waals surface area contributed by atoms with Gasteiger partial charge in [0.15, 0.2) is 5.78 Å². The Kier molecular flexibility index (Phi) is 45.3. The van der Waals surface area contributed by atoms with Crippen LogP contribution in [0.4, 0.5) is 10.5 Å². The number of rotatable bonds is 58. The van der Waals surface area contributed by atoms with Gasteiger partial charge in [0.25, 0.3) is 5.69 Å². The Morgan fingerprint density at radius 3 is 1.38 bits per heavy atom. The zero-order chi connectivity index (χ0) is 98.2. The number of amides is 10. The average Bonchev–Trinajstić information content (AvgIpc) is 0.827. The summed E-state index contributed by atoms with van der Waals surface area (Å²) in [6.45, 7) is 8.55. The number of ether oxygens (including phenoxy) is 4. The number of urea groups is 1. The summed E-state index contributed by atoms with van der Waals surface area (Å²) in [5, 5.41) is 43.5. The fraction of sp³-hybridized carbons (Fsp3) is 0.371. The van der Waals surface area contributed by atoms with Crippen molar-refractivity contribution in [1.29, 1.82) is 0 Å².